The number of para-hydroxylation sites is 3. The maximum Gasteiger partial charge on any atom is 0.235 e. The zero-order chi connectivity index (χ0) is 31.3. The summed E-state index contributed by atoms with van der Waals surface area (Å²) in [6, 6.07) is 49.0. The molecule has 222 valence electrons. The minimum Gasteiger partial charge on any atom is -0.455 e. The fourth-order valence-electron chi connectivity index (χ4n) is 7.90. The summed E-state index contributed by atoms with van der Waals surface area (Å²) in [5, 5.41) is 4.57. The summed E-state index contributed by atoms with van der Waals surface area (Å²) in [5.41, 5.74) is 12.6. The molecule has 3 heterocycles. The molecule has 0 amide bonds. The maximum absolute atomic E-state index is 6.51. The van der Waals surface area contributed by atoms with Crippen LogP contribution < -0.4 is 0 Å². The van der Waals surface area contributed by atoms with Gasteiger partial charge in [0.2, 0.25) is 5.95 Å². The van der Waals surface area contributed by atoms with Crippen molar-refractivity contribution in [2.24, 2.45) is 0 Å². The van der Waals surface area contributed by atoms with E-state index in [0.717, 1.165) is 55.5 Å². The van der Waals surface area contributed by atoms with Gasteiger partial charge in [0.1, 0.15) is 11.2 Å². The number of rotatable bonds is 3. The van der Waals surface area contributed by atoms with E-state index in [-0.39, 0.29) is 5.41 Å². The Hall–Kier alpha value is -6.00. The topological polar surface area (TPSA) is 43.9 Å². The zero-order valence-electron chi connectivity index (χ0n) is 26.0. The van der Waals surface area contributed by atoms with Crippen molar-refractivity contribution < 1.29 is 4.42 Å². The monoisotopic (exact) mass is 603 g/mol. The molecular weight excluding hydrogens is 574 g/mol. The first-order valence-corrected chi connectivity index (χ1v) is 16.1. The quantitative estimate of drug-likeness (QED) is 0.202. The molecule has 10 rings (SSSR count). The van der Waals surface area contributed by atoms with Gasteiger partial charge in [0.25, 0.3) is 0 Å². The lowest BCUT2D eigenvalue weighted by Crippen LogP contribution is -2.17. The first-order valence-electron chi connectivity index (χ1n) is 16.1. The van der Waals surface area contributed by atoms with Gasteiger partial charge in [0.05, 0.1) is 22.4 Å². The zero-order valence-corrected chi connectivity index (χ0v) is 26.0. The van der Waals surface area contributed by atoms with Crippen molar-refractivity contribution in [2.45, 2.75) is 19.3 Å². The number of hydrogen-bond donors (Lipinski definition) is 0. The highest BCUT2D eigenvalue weighted by Gasteiger charge is 2.38. The third-order valence-corrected chi connectivity index (χ3v) is 10.0. The molecule has 0 bridgehead atoms. The molecule has 4 heteroatoms. The highest BCUT2D eigenvalue weighted by atomic mass is 16.3. The minimum atomic E-state index is -0.211. The van der Waals surface area contributed by atoms with Gasteiger partial charge in [-0.15, -0.1) is 0 Å². The summed E-state index contributed by atoms with van der Waals surface area (Å²) in [4.78, 5) is 10.7. The van der Waals surface area contributed by atoms with Crippen molar-refractivity contribution >= 4 is 43.7 Å². The van der Waals surface area contributed by atoms with Crippen LogP contribution in [0.1, 0.15) is 25.0 Å². The van der Waals surface area contributed by atoms with Crippen LogP contribution in [0.25, 0.3) is 83.3 Å². The fraction of sp³-hybridized carbons (Fsp3) is 0.0698. The highest BCUT2D eigenvalue weighted by Crippen LogP contribution is 2.52. The Bertz CT molecular complexity index is 2710. The predicted molar refractivity (Wildman–Crippen MR) is 192 cm³/mol. The van der Waals surface area contributed by atoms with Gasteiger partial charge in [0.15, 0.2) is 0 Å². The van der Waals surface area contributed by atoms with E-state index in [1.165, 1.54) is 33.0 Å². The first kappa shape index (κ1) is 26.2. The summed E-state index contributed by atoms with van der Waals surface area (Å²) in [6.45, 7) is 4.68. The van der Waals surface area contributed by atoms with E-state index in [2.05, 4.69) is 140 Å². The summed E-state index contributed by atoms with van der Waals surface area (Å²) in [5.74, 6) is 0.640. The van der Waals surface area contributed by atoms with Gasteiger partial charge in [-0.1, -0.05) is 129 Å². The van der Waals surface area contributed by atoms with Crippen LogP contribution >= 0.6 is 0 Å². The van der Waals surface area contributed by atoms with Gasteiger partial charge >= 0.3 is 0 Å². The van der Waals surface area contributed by atoms with Gasteiger partial charge in [-0.3, -0.25) is 4.57 Å². The molecular formula is C43H29N3O. The van der Waals surface area contributed by atoms with Gasteiger partial charge in [-0.2, -0.15) is 0 Å². The summed E-state index contributed by atoms with van der Waals surface area (Å²) < 4.78 is 8.81. The average Bonchev–Trinajstić information content (AvgIpc) is 3.74. The molecule has 0 N–H and O–H groups in total. The number of aromatic nitrogens is 3. The standard InChI is InChI=1S/C43H29N3O/c1-43(2)34-20-9-6-15-27(34)30-23-24-31-28-16-7-10-21-37(28)46(40(31)39(30)43)42-44-35(26-13-4-3-5-14-26)25-36(45-42)33-19-12-18-32-29-17-8-11-22-38(29)47-41(32)33/h3-25H,1-2H3. The Morgan fingerprint density at radius 3 is 2.15 bits per heavy atom. The number of fused-ring (bicyclic) bond motifs is 10. The van der Waals surface area contributed by atoms with Crippen molar-refractivity contribution in [1.29, 1.82) is 0 Å². The fourth-order valence-corrected chi connectivity index (χ4v) is 7.90. The van der Waals surface area contributed by atoms with Crippen molar-refractivity contribution in [1.82, 2.24) is 14.5 Å². The van der Waals surface area contributed by atoms with Gasteiger partial charge < -0.3 is 4.42 Å². The largest absolute Gasteiger partial charge is 0.455 e. The molecule has 1 aliphatic rings. The Morgan fingerprint density at radius 2 is 1.26 bits per heavy atom. The Balaban J connectivity index is 1.33. The van der Waals surface area contributed by atoms with Crippen LogP contribution in [0, 0.1) is 0 Å². The third-order valence-electron chi connectivity index (χ3n) is 10.0. The minimum absolute atomic E-state index is 0.211. The number of hydrogen-bond acceptors (Lipinski definition) is 3. The van der Waals surface area contributed by atoms with Crippen LogP contribution in [0.2, 0.25) is 0 Å². The molecule has 0 atom stereocenters. The van der Waals surface area contributed by atoms with E-state index in [9.17, 15) is 0 Å². The maximum atomic E-state index is 6.51. The van der Waals surface area contributed by atoms with Crippen molar-refractivity contribution in [3.8, 4) is 39.6 Å². The SMILES string of the molecule is CC1(C)c2ccccc2-c2ccc3c4ccccc4n(-c4nc(-c5ccccc5)cc(-c5cccc6c5oc5ccccc56)n4)c3c21. The van der Waals surface area contributed by atoms with E-state index in [4.69, 9.17) is 14.4 Å². The Kier molecular flexibility index (Phi) is 5.31. The summed E-state index contributed by atoms with van der Waals surface area (Å²) in [7, 11) is 0. The Morgan fingerprint density at radius 1 is 0.553 bits per heavy atom. The second-order valence-electron chi connectivity index (χ2n) is 13.0. The van der Waals surface area contributed by atoms with E-state index in [0.29, 0.717) is 5.95 Å². The molecule has 0 saturated carbocycles. The van der Waals surface area contributed by atoms with Crippen LogP contribution in [0.15, 0.2) is 144 Å². The van der Waals surface area contributed by atoms with Crippen molar-refractivity contribution in [3.05, 3.63) is 151 Å². The predicted octanol–water partition coefficient (Wildman–Crippen LogP) is 11.1. The van der Waals surface area contributed by atoms with Crippen LogP contribution in [-0.4, -0.2) is 14.5 Å². The molecule has 0 fully saturated rings. The van der Waals surface area contributed by atoms with E-state index in [1.54, 1.807) is 0 Å². The molecule has 3 aromatic heterocycles. The van der Waals surface area contributed by atoms with Crippen molar-refractivity contribution in [2.75, 3.05) is 0 Å². The van der Waals surface area contributed by atoms with Crippen LogP contribution in [0.3, 0.4) is 0 Å². The molecule has 0 saturated heterocycles. The lowest BCUT2D eigenvalue weighted by Gasteiger charge is -2.23. The van der Waals surface area contributed by atoms with Gasteiger partial charge in [0, 0.05) is 38.1 Å². The average molecular weight is 604 g/mol. The highest BCUT2D eigenvalue weighted by molar-refractivity contribution is 6.13. The van der Waals surface area contributed by atoms with E-state index < -0.39 is 0 Å². The first-order chi connectivity index (χ1) is 23.1. The van der Waals surface area contributed by atoms with Gasteiger partial charge in [-0.25, -0.2) is 9.97 Å². The second kappa shape index (κ2) is 9.51. The third kappa shape index (κ3) is 3.64. The summed E-state index contributed by atoms with van der Waals surface area (Å²) in [6.07, 6.45) is 0. The van der Waals surface area contributed by atoms with E-state index >= 15 is 0 Å². The van der Waals surface area contributed by atoms with Crippen LogP contribution in [0.4, 0.5) is 0 Å². The van der Waals surface area contributed by atoms with Crippen LogP contribution in [-0.2, 0) is 5.41 Å². The van der Waals surface area contributed by atoms with Crippen LogP contribution in [0.5, 0.6) is 0 Å². The molecule has 6 aromatic carbocycles. The molecule has 4 nitrogen and oxygen atoms in total. The molecule has 1 aliphatic carbocycles. The second-order valence-corrected chi connectivity index (χ2v) is 13.0. The lowest BCUT2D eigenvalue weighted by molar-refractivity contribution is 0.663. The van der Waals surface area contributed by atoms with Crippen molar-refractivity contribution in [3.63, 3.8) is 0 Å². The molecule has 0 unspecified atom stereocenters. The molecule has 0 aliphatic heterocycles. The van der Waals surface area contributed by atoms with Gasteiger partial charge in [-0.05, 0) is 46.5 Å². The number of furan rings is 1. The smallest absolute Gasteiger partial charge is 0.235 e. The molecule has 47 heavy (non-hydrogen) atoms. The molecule has 0 radical (unpaired) electrons. The number of nitrogens with zero attached hydrogens (tertiary/aromatic N) is 3. The van der Waals surface area contributed by atoms with E-state index in [1.807, 2.05) is 18.2 Å². The lowest BCUT2D eigenvalue weighted by atomic mass is 9.81. The Labute approximate surface area is 271 Å². The molecule has 0 spiro atoms. The number of benzene rings is 6. The molecule has 9 aromatic rings. The normalized spacial score (nSPS) is 13.5. The summed E-state index contributed by atoms with van der Waals surface area (Å²) >= 11 is 0.